The third-order valence-electron chi connectivity index (χ3n) is 2.55. The molecule has 0 unspecified atom stereocenters. The quantitative estimate of drug-likeness (QED) is 0.655. The second-order valence-corrected chi connectivity index (χ2v) is 7.56. The summed E-state index contributed by atoms with van der Waals surface area (Å²) in [7, 11) is -2.12. The highest BCUT2D eigenvalue weighted by molar-refractivity contribution is 7.63. The lowest BCUT2D eigenvalue weighted by Gasteiger charge is -2.30. The summed E-state index contributed by atoms with van der Waals surface area (Å²) in [5.41, 5.74) is 0.0786. The summed E-state index contributed by atoms with van der Waals surface area (Å²) in [6.07, 6.45) is 1.33. The average Bonchev–Trinajstić information content (AvgIpc) is 2.03. The van der Waals surface area contributed by atoms with Crippen molar-refractivity contribution in [3.8, 4) is 0 Å². The van der Waals surface area contributed by atoms with Crippen LogP contribution in [0, 0.1) is 0 Å². The minimum absolute atomic E-state index is 0.0786. The van der Waals surface area contributed by atoms with Crippen LogP contribution in [0.15, 0.2) is 0 Å². The van der Waals surface area contributed by atoms with Crippen molar-refractivity contribution in [1.29, 1.82) is 0 Å². The normalized spacial score (nSPS) is 30.0. The number of piperidine rings is 1. The summed E-state index contributed by atoms with van der Waals surface area (Å²) in [5, 5.41) is 11.7. The molecule has 0 bridgehead atoms. The molecule has 0 aromatic rings. The first-order chi connectivity index (χ1) is 5.91. The summed E-state index contributed by atoms with van der Waals surface area (Å²) in [4.78, 5) is 10.7. The first-order valence-electron chi connectivity index (χ1n) is 4.42. The lowest BCUT2D eigenvalue weighted by Crippen LogP contribution is -2.45. The molecule has 1 aliphatic heterocycles. The zero-order valence-electron chi connectivity index (χ0n) is 7.99. The fourth-order valence-corrected chi connectivity index (χ4v) is 3.12. The van der Waals surface area contributed by atoms with Crippen LogP contribution in [0.25, 0.3) is 0 Å². The number of hydrogen-bond acceptors (Lipinski definition) is 3. The SMILES string of the molecule is CP(C)(=O)[C@H]1CCN[C@@H](C(=O)O)C1. The van der Waals surface area contributed by atoms with Gasteiger partial charge in [-0.25, -0.2) is 0 Å². The van der Waals surface area contributed by atoms with Crippen LogP contribution in [0.3, 0.4) is 0 Å². The molecule has 2 atom stereocenters. The predicted molar refractivity (Wildman–Crippen MR) is 51.9 cm³/mol. The van der Waals surface area contributed by atoms with Crippen LogP contribution in [0.2, 0.25) is 0 Å². The van der Waals surface area contributed by atoms with Crippen LogP contribution in [0.4, 0.5) is 0 Å². The minimum atomic E-state index is -2.12. The lowest BCUT2D eigenvalue weighted by molar-refractivity contribution is -0.140. The van der Waals surface area contributed by atoms with Crippen LogP contribution in [-0.2, 0) is 9.36 Å². The third kappa shape index (κ3) is 2.82. The van der Waals surface area contributed by atoms with Gasteiger partial charge < -0.3 is 15.0 Å². The molecule has 1 saturated heterocycles. The molecule has 2 N–H and O–H groups in total. The van der Waals surface area contributed by atoms with Crippen molar-refractivity contribution in [2.45, 2.75) is 24.5 Å². The molecule has 1 rings (SSSR count). The van der Waals surface area contributed by atoms with Crippen molar-refractivity contribution in [3.63, 3.8) is 0 Å². The zero-order valence-corrected chi connectivity index (χ0v) is 8.88. The summed E-state index contributed by atoms with van der Waals surface area (Å²) in [6, 6.07) is -0.507. The monoisotopic (exact) mass is 205 g/mol. The van der Waals surface area contributed by atoms with Gasteiger partial charge in [-0.2, -0.15) is 0 Å². The summed E-state index contributed by atoms with van der Waals surface area (Å²) >= 11 is 0. The number of rotatable bonds is 2. The van der Waals surface area contributed by atoms with Gasteiger partial charge in [-0.15, -0.1) is 0 Å². The number of aliphatic carboxylic acids is 1. The highest BCUT2D eigenvalue weighted by Crippen LogP contribution is 2.47. The highest BCUT2D eigenvalue weighted by atomic mass is 31.2. The number of carboxylic acid groups (broad SMARTS) is 1. The maximum atomic E-state index is 11.7. The van der Waals surface area contributed by atoms with Crippen molar-refractivity contribution in [1.82, 2.24) is 5.32 Å². The van der Waals surface area contributed by atoms with E-state index in [9.17, 15) is 9.36 Å². The second kappa shape index (κ2) is 3.81. The van der Waals surface area contributed by atoms with Gasteiger partial charge in [0.1, 0.15) is 6.04 Å². The Hall–Kier alpha value is -0.340. The Kier molecular flexibility index (Phi) is 3.14. The number of carboxylic acids is 1. The first kappa shape index (κ1) is 10.7. The van der Waals surface area contributed by atoms with Crippen LogP contribution in [0.5, 0.6) is 0 Å². The molecule has 1 heterocycles. The van der Waals surface area contributed by atoms with E-state index in [0.29, 0.717) is 13.0 Å². The Bertz CT molecular complexity index is 248. The Balaban J connectivity index is 2.62. The van der Waals surface area contributed by atoms with Crippen molar-refractivity contribution in [2.75, 3.05) is 19.9 Å². The van der Waals surface area contributed by atoms with E-state index in [4.69, 9.17) is 5.11 Å². The average molecular weight is 205 g/mol. The van der Waals surface area contributed by atoms with Crippen molar-refractivity contribution >= 4 is 13.1 Å². The van der Waals surface area contributed by atoms with Crippen LogP contribution in [0.1, 0.15) is 12.8 Å². The summed E-state index contributed by atoms with van der Waals surface area (Å²) in [6.45, 7) is 4.14. The molecular weight excluding hydrogens is 189 g/mol. The number of carbonyl (C=O) groups is 1. The molecule has 5 heteroatoms. The maximum absolute atomic E-state index is 11.7. The molecule has 0 radical (unpaired) electrons. The topological polar surface area (TPSA) is 66.4 Å². The lowest BCUT2D eigenvalue weighted by atomic mass is 10.0. The molecule has 76 valence electrons. The minimum Gasteiger partial charge on any atom is -0.480 e. The smallest absolute Gasteiger partial charge is 0.320 e. The molecule has 13 heavy (non-hydrogen) atoms. The van der Waals surface area contributed by atoms with Gasteiger partial charge in [0.05, 0.1) is 7.14 Å². The molecule has 0 saturated carbocycles. The fourth-order valence-electron chi connectivity index (χ4n) is 1.65. The van der Waals surface area contributed by atoms with Gasteiger partial charge in [-0.3, -0.25) is 4.79 Å². The Labute approximate surface area is 78.1 Å². The van der Waals surface area contributed by atoms with Crippen LogP contribution in [-0.4, -0.2) is 42.7 Å². The van der Waals surface area contributed by atoms with Gasteiger partial charge in [-0.05, 0) is 32.7 Å². The molecule has 1 aliphatic rings. The van der Waals surface area contributed by atoms with E-state index >= 15 is 0 Å². The Morgan fingerprint density at radius 2 is 2.15 bits per heavy atom. The Morgan fingerprint density at radius 3 is 2.62 bits per heavy atom. The van der Waals surface area contributed by atoms with Gasteiger partial charge >= 0.3 is 5.97 Å². The van der Waals surface area contributed by atoms with E-state index in [-0.39, 0.29) is 5.66 Å². The largest absolute Gasteiger partial charge is 0.480 e. The molecule has 0 aromatic carbocycles. The van der Waals surface area contributed by atoms with E-state index in [1.54, 1.807) is 13.3 Å². The van der Waals surface area contributed by atoms with Crippen molar-refractivity contribution < 1.29 is 14.5 Å². The number of hydrogen-bond donors (Lipinski definition) is 2. The van der Waals surface area contributed by atoms with Crippen LogP contribution >= 0.6 is 7.14 Å². The van der Waals surface area contributed by atoms with Crippen molar-refractivity contribution in [3.05, 3.63) is 0 Å². The summed E-state index contributed by atoms with van der Waals surface area (Å²) < 4.78 is 11.7. The highest BCUT2D eigenvalue weighted by Gasteiger charge is 2.32. The third-order valence-corrected chi connectivity index (χ3v) is 4.78. The molecule has 0 aromatic heterocycles. The van der Waals surface area contributed by atoms with Crippen molar-refractivity contribution in [2.24, 2.45) is 0 Å². The molecule has 0 amide bonds. The van der Waals surface area contributed by atoms with E-state index < -0.39 is 19.2 Å². The van der Waals surface area contributed by atoms with Gasteiger partial charge in [0.2, 0.25) is 0 Å². The standard InChI is InChI=1S/C8H16NO3P/c1-13(2,12)6-3-4-9-7(5-6)8(10)11/h6-7,9H,3-5H2,1-2H3,(H,10,11)/t6-,7+/m0/s1. The van der Waals surface area contributed by atoms with E-state index in [0.717, 1.165) is 6.42 Å². The fraction of sp³-hybridized carbons (Fsp3) is 0.875. The number of nitrogens with one attached hydrogen (secondary N) is 1. The summed E-state index contributed by atoms with van der Waals surface area (Å²) in [5.74, 6) is -0.835. The molecular formula is C8H16NO3P. The maximum Gasteiger partial charge on any atom is 0.320 e. The van der Waals surface area contributed by atoms with E-state index in [1.807, 2.05) is 0 Å². The van der Waals surface area contributed by atoms with Gasteiger partial charge in [0.25, 0.3) is 0 Å². The second-order valence-electron chi connectivity index (χ2n) is 3.96. The van der Waals surface area contributed by atoms with E-state index in [1.165, 1.54) is 0 Å². The van der Waals surface area contributed by atoms with Crippen LogP contribution < -0.4 is 5.32 Å². The predicted octanol–water partition coefficient (Wildman–Crippen LogP) is 0.814. The molecule has 0 spiro atoms. The molecule has 4 nitrogen and oxygen atoms in total. The van der Waals surface area contributed by atoms with E-state index in [2.05, 4.69) is 5.32 Å². The van der Waals surface area contributed by atoms with Gasteiger partial charge in [0.15, 0.2) is 0 Å². The molecule has 0 aliphatic carbocycles. The van der Waals surface area contributed by atoms with Gasteiger partial charge in [-0.1, -0.05) is 0 Å². The molecule has 1 fully saturated rings. The Morgan fingerprint density at radius 1 is 1.54 bits per heavy atom. The van der Waals surface area contributed by atoms with Gasteiger partial charge in [0, 0.05) is 5.66 Å². The first-order valence-corrected chi connectivity index (χ1v) is 7.09. The zero-order chi connectivity index (χ0) is 10.1.